The van der Waals surface area contributed by atoms with Gasteiger partial charge in [0.25, 0.3) is 0 Å². The lowest BCUT2D eigenvalue weighted by Gasteiger charge is -2.06. The van der Waals surface area contributed by atoms with Crippen LogP contribution in [0.5, 0.6) is 0 Å². The Bertz CT molecular complexity index is 611. The van der Waals surface area contributed by atoms with Crippen LogP contribution in [0.2, 0.25) is 0 Å². The molecule has 0 aliphatic heterocycles. The van der Waals surface area contributed by atoms with Gasteiger partial charge in [-0.2, -0.15) is 10.1 Å². The van der Waals surface area contributed by atoms with E-state index in [0.29, 0.717) is 5.69 Å². The van der Waals surface area contributed by atoms with Crippen LogP contribution >= 0.6 is 0 Å². The molecule has 0 amide bonds. The summed E-state index contributed by atoms with van der Waals surface area (Å²) >= 11 is 0. The number of hydrogen-bond acceptors (Lipinski definition) is 4. The molecule has 1 heterocycles. The summed E-state index contributed by atoms with van der Waals surface area (Å²) in [6.07, 6.45) is 0. The van der Waals surface area contributed by atoms with Crippen molar-refractivity contribution in [1.29, 1.82) is 0 Å². The average molecular weight is 238 g/mol. The number of anilines is 2. The van der Waals surface area contributed by atoms with Crippen LogP contribution in [0.25, 0.3) is 0 Å². The highest BCUT2D eigenvalue weighted by Gasteiger charge is 2.06. The fourth-order valence-electron chi connectivity index (χ4n) is 1.22. The van der Waals surface area contributed by atoms with Crippen molar-refractivity contribution in [1.82, 2.24) is 15.2 Å². The highest BCUT2D eigenvalue weighted by atomic mass is 19.2. The summed E-state index contributed by atoms with van der Waals surface area (Å²) in [5.41, 5.74) is 0.0990. The van der Waals surface area contributed by atoms with Gasteiger partial charge in [0, 0.05) is 11.8 Å². The Balaban J connectivity index is 2.34. The Hall–Kier alpha value is -2.31. The minimum absolute atomic E-state index is 0.194. The molecule has 0 atom stereocenters. The van der Waals surface area contributed by atoms with Crippen LogP contribution in [0.1, 0.15) is 5.69 Å². The lowest BCUT2D eigenvalue weighted by Crippen LogP contribution is -2.15. The molecule has 5 nitrogen and oxygen atoms in total. The van der Waals surface area contributed by atoms with Gasteiger partial charge < -0.3 is 5.32 Å². The third kappa shape index (κ3) is 2.44. The Labute approximate surface area is 94.5 Å². The number of aryl methyl sites for hydroxylation is 1. The zero-order valence-corrected chi connectivity index (χ0v) is 8.79. The van der Waals surface area contributed by atoms with Gasteiger partial charge in [-0.15, -0.1) is 0 Å². The SMILES string of the molecule is Cc1n[nH]c(=O)nc1Nc1ccc(F)c(F)c1. The molecular weight excluding hydrogens is 230 g/mol. The number of hydrogen-bond donors (Lipinski definition) is 2. The molecule has 0 saturated carbocycles. The summed E-state index contributed by atoms with van der Waals surface area (Å²) < 4.78 is 25.6. The summed E-state index contributed by atoms with van der Waals surface area (Å²) in [6.45, 7) is 1.62. The Kier molecular flexibility index (Phi) is 2.82. The quantitative estimate of drug-likeness (QED) is 0.831. The second kappa shape index (κ2) is 4.28. The number of benzene rings is 1. The number of aromatic amines is 1. The Morgan fingerprint density at radius 3 is 2.76 bits per heavy atom. The van der Waals surface area contributed by atoms with Gasteiger partial charge in [-0.25, -0.2) is 18.7 Å². The second-order valence-electron chi connectivity index (χ2n) is 3.33. The predicted molar refractivity (Wildman–Crippen MR) is 57.0 cm³/mol. The molecular formula is C10H8F2N4O. The number of nitrogens with zero attached hydrogens (tertiary/aromatic N) is 2. The standard InChI is InChI=1S/C10H8F2N4O/c1-5-9(14-10(17)16-15-5)13-6-2-3-7(11)8(12)4-6/h2-4H,1H3,(H2,13,14,16,17). The fourth-order valence-corrected chi connectivity index (χ4v) is 1.22. The minimum atomic E-state index is -0.981. The van der Waals surface area contributed by atoms with Crippen molar-refractivity contribution in [3.8, 4) is 0 Å². The van der Waals surface area contributed by atoms with Crippen molar-refractivity contribution in [2.24, 2.45) is 0 Å². The lowest BCUT2D eigenvalue weighted by molar-refractivity contribution is 0.509. The van der Waals surface area contributed by atoms with Gasteiger partial charge in [0.2, 0.25) is 0 Å². The molecule has 17 heavy (non-hydrogen) atoms. The number of rotatable bonds is 2. The monoisotopic (exact) mass is 238 g/mol. The van der Waals surface area contributed by atoms with E-state index in [1.165, 1.54) is 6.07 Å². The molecule has 0 fully saturated rings. The van der Waals surface area contributed by atoms with E-state index < -0.39 is 17.3 Å². The number of aromatic nitrogens is 3. The van der Waals surface area contributed by atoms with E-state index in [0.717, 1.165) is 12.1 Å². The molecule has 7 heteroatoms. The molecule has 88 valence electrons. The van der Waals surface area contributed by atoms with Crippen molar-refractivity contribution in [2.75, 3.05) is 5.32 Å². The second-order valence-corrected chi connectivity index (χ2v) is 3.33. The van der Waals surface area contributed by atoms with E-state index in [-0.39, 0.29) is 11.5 Å². The van der Waals surface area contributed by atoms with Crippen LogP contribution in [-0.2, 0) is 0 Å². The van der Waals surface area contributed by atoms with Gasteiger partial charge in [0.1, 0.15) is 5.69 Å². The summed E-state index contributed by atoms with van der Waals surface area (Å²) in [6, 6.07) is 3.28. The summed E-state index contributed by atoms with van der Waals surface area (Å²) in [5, 5.41) is 8.52. The van der Waals surface area contributed by atoms with Crippen molar-refractivity contribution in [3.63, 3.8) is 0 Å². The first-order valence-electron chi connectivity index (χ1n) is 4.71. The number of halogens is 2. The van der Waals surface area contributed by atoms with E-state index in [1.54, 1.807) is 6.92 Å². The molecule has 0 bridgehead atoms. The topological polar surface area (TPSA) is 70.7 Å². The maximum Gasteiger partial charge on any atom is 0.363 e. The molecule has 0 aliphatic rings. The maximum absolute atomic E-state index is 12.9. The van der Waals surface area contributed by atoms with Crippen LogP contribution < -0.4 is 11.0 Å². The fraction of sp³-hybridized carbons (Fsp3) is 0.100. The molecule has 2 N–H and O–H groups in total. The van der Waals surface area contributed by atoms with Gasteiger partial charge in [0.05, 0.1) is 0 Å². The highest BCUT2D eigenvalue weighted by molar-refractivity contribution is 5.57. The number of H-pyrrole nitrogens is 1. The number of nitrogens with one attached hydrogen (secondary N) is 2. The third-order valence-corrected chi connectivity index (χ3v) is 2.06. The minimum Gasteiger partial charge on any atom is -0.338 e. The molecule has 0 unspecified atom stereocenters. The normalized spacial score (nSPS) is 10.3. The maximum atomic E-state index is 12.9. The van der Waals surface area contributed by atoms with E-state index in [9.17, 15) is 13.6 Å². The summed E-state index contributed by atoms with van der Waals surface area (Å²) in [5.74, 6) is -1.73. The van der Waals surface area contributed by atoms with Gasteiger partial charge in [-0.05, 0) is 19.1 Å². The van der Waals surface area contributed by atoms with Crippen LogP contribution in [0.4, 0.5) is 20.3 Å². The zero-order chi connectivity index (χ0) is 12.4. The van der Waals surface area contributed by atoms with Gasteiger partial charge in [0.15, 0.2) is 17.5 Å². The molecule has 0 saturated heterocycles. The van der Waals surface area contributed by atoms with Gasteiger partial charge >= 0.3 is 5.69 Å². The molecule has 1 aromatic heterocycles. The first-order chi connectivity index (χ1) is 8.06. The van der Waals surface area contributed by atoms with Crippen molar-refractivity contribution < 1.29 is 8.78 Å². The van der Waals surface area contributed by atoms with Crippen LogP contribution in [0, 0.1) is 18.6 Å². The van der Waals surface area contributed by atoms with Gasteiger partial charge in [-0.1, -0.05) is 0 Å². The van der Waals surface area contributed by atoms with Crippen LogP contribution in [0.3, 0.4) is 0 Å². The smallest absolute Gasteiger partial charge is 0.338 e. The van der Waals surface area contributed by atoms with Crippen molar-refractivity contribution in [2.45, 2.75) is 6.92 Å². The molecule has 2 aromatic rings. The molecule has 0 radical (unpaired) electrons. The van der Waals surface area contributed by atoms with E-state index >= 15 is 0 Å². The summed E-state index contributed by atoms with van der Waals surface area (Å²) in [4.78, 5) is 14.6. The Morgan fingerprint density at radius 2 is 2.06 bits per heavy atom. The highest BCUT2D eigenvalue weighted by Crippen LogP contribution is 2.17. The van der Waals surface area contributed by atoms with E-state index in [4.69, 9.17) is 0 Å². The first kappa shape index (κ1) is 11.2. The van der Waals surface area contributed by atoms with E-state index in [1.807, 2.05) is 0 Å². The van der Waals surface area contributed by atoms with Crippen LogP contribution in [0.15, 0.2) is 23.0 Å². The van der Waals surface area contributed by atoms with Crippen LogP contribution in [-0.4, -0.2) is 15.2 Å². The molecule has 2 rings (SSSR count). The van der Waals surface area contributed by atoms with Gasteiger partial charge in [-0.3, -0.25) is 0 Å². The molecule has 0 aliphatic carbocycles. The molecule has 0 spiro atoms. The zero-order valence-electron chi connectivity index (χ0n) is 8.79. The third-order valence-electron chi connectivity index (χ3n) is 2.06. The molecule has 1 aromatic carbocycles. The summed E-state index contributed by atoms with van der Waals surface area (Å²) in [7, 11) is 0. The average Bonchev–Trinajstić information content (AvgIpc) is 2.29. The lowest BCUT2D eigenvalue weighted by atomic mass is 10.3. The largest absolute Gasteiger partial charge is 0.363 e. The predicted octanol–water partition coefficient (Wildman–Crippen LogP) is 1.50. The van der Waals surface area contributed by atoms with E-state index in [2.05, 4.69) is 20.5 Å². The van der Waals surface area contributed by atoms with Crippen molar-refractivity contribution in [3.05, 3.63) is 46.0 Å². The Morgan fingerprint density at radius 1 is 1.29 bits per heavy atom. The van der Waals surface area contributed by atoms with Crippen molar-refractivity contribution >= 4 is 11.5 Å². The first-order valence-corrected chi connectivity index (χ1v) is 4.71.